The highest BCUT2D eigenvalue weighted by atomic mass is 32.1. The minimum absolute atomic E-state index is 0.173. The average Bonchev–Trinajstić information content (AvgIpc) is 3.20. The number of hydrogen-bond acceptors (Lipinski definition) is 5. The Labute approximate surface area is 163 Å². The summed E-state index contributed by atoms with van der Waals surface area (Å²) < 4.78 is 0. The van der Waals surface area contributed by atoms with Gasteiger partial charge in [-0.3, -0.25) is 4.79 Å². The lowest BCUT2D eigenvalue weighted by atomic mass is 10.1. The predicted octanol–water partition coefficient (Wildman–Crippen LogP) is 3.71. The fourth-order valence-electron chi connectivity index (χ4n) is 2.93. The molecule has 3 rings (SSSR count). The van der Waals surface area contributed by atoms with E-state index in [-0.39, 0.29) is 5.91 Å². The molecule has 1 N–H and O–H groups in total. The van der Waals surface area contributed by atoms with Crippen molar-refractivity contribution in [2.45, 2.75) is 47.0 Å². The molecule has 0 unspecified atom stereocenters. The number of unbranched alkanes of at least 4 members (excludes halogenated alkanes) is 1. The number of thiazole rings is 1. The van der Waals surface area contributed by atoms with Crippen LogP contribution in [0.1, 0.15) is 50.9 Å². The number of nitrogens with zero attached hydrogens (tertiary/aromatic N) is 4. The Kier molecular flexibility index (Phi) is 6.01. The first kappa shape index (κ1) is 19.2. The normalized spacial score (nSPS) is 11.0. The molecular formula is C20H25N5OS. The molecule has 0 spiro atoms. The van der Waals surface area contributed by atoms with Crippen molar-refractivity contribution in [2.24, 2.45) is 0 Å². The summed E-state index contributed by atoms with van der Waals surface area (Å²) in [6.07, 6.45) is 2.87. The summed E-state index contributed by atoms with van der Waals surface area (Å²) in [7, 11) is 0. The molecule has 0 aliphatic carbocycles. The van der Waals surface area contributed by atoms with Crippen LogP contribution in [0.25, 0.3) is 5.69 Å². The second-order valence-corrected chi connectivity index (χ2v) is 7.75. The van der Waals surface area contributed by atoms with Crippen LogP contribution >= 0.6 is 11.3 Å². The molecule has 0 radical (unpaired) electrons. The summed E-state index contributed by atoms with van der Waals surface area (Å²) in [5, 5.41) is 15.0. The van der Waals surface area contributed by atoms with Crippen molar-refractivity contribution < 1.29 is 4.79 Å². The van der Waals surface area contributed by atoms with Crippen molar-refractivity contribution in [3.8, 4) is 5.69 Å². The Balaban J connectivity index is 1.54. The second kappa shape index (κ2) is 8.43. The van der Waals surface area contributed by atoms with Crippen LogP contribution in [0.5, 0.6) is 0 Å². The lowest BCUT2D eigenvalue weighted by Crippen LogP contribution is -2.25. The number of benzene rings is 1. The van der Waals surface area contributed by atoms with Crippen molar-refractivity contribution in [3.05, 3.63) is 56.8 Å². The van der Waals surface area contributed by atoms with Crippen LogP contribution in [-0.2, 0) is 6.42 Å². The highest BCUT2D eigenvalue weighted by molar-refractivity contribution is 7.09. The van der Waals surface area contributed by atoms with E-state index in [0.717, 1.165) is 41.2 Å². The minimum atomic E-state index is -0.173. The molecule has 0 fully saturated rings. The Morgan fingerprint density at radius 3 is 2.67 bits per heavy atom. The Morgan fingerprint density at radius 2 is 1.96 bits per heavy atom. The zero-order chi connectivity index (χ0) is 19.4. The molecule has 2 aromatic heterocycles. The van der Waals surface area contributed by atoms with Gasteiger partial charge in [-0.2, -0.15) is 9.90 Å². The van der Waals surface area contributed by atoms with Gasteiger partial charge in [-0.15, -0.1) is 16.4 Å². The SMILES string of the molecule is Cc1ccc(-n2nc(C)c(C(=O)NCCCCc3nc(C)cs3)n2)c(C)c1. The molecule has 0 saturated heterocycles. The van der Waals surface area contributed by atoms with Gasteiger partial charge in [-0.1, -0.05) is 17.7 Å². The molecule has 6 nitrogen and oxygen atoms in total. The van der Waals surface area contributed by atoms with Crippen LogP contribution in [0.15, 0.2) is 23.6 Å². The van der Waals surface area contributed by atoms with E-state index >= 15 is 0 Å². The number of rotatable bonds is 7. The fraction of sp³-hybridized carbons (Fsp3) is 0.400. The van der Waals surface area contributed by atoms with Gasteiger partial charge in [0.25, 0.3) is 5.91 Å². The largest absolute Gasteiger partial charge is 0.351 e. The number of carbonyl (C=O) groups is 1. The third kappa shape index (κ3) is 4.80. The van der Waals surface area contributed by atoms with Crippen molar-refractivity contribution in [3.63, 3.8) is 0 Å². The predicted molar refractivity (Wildman–Crippen MR) is 108 cm³/mol. The van der Waals surface area contributed by atoms with Crippen LogP contribution < -0.4 is 5.32 Å². The summed E-state index contributed by atoms with van der Waals surface area (Å²) in [6.45, 7) is 8.51. The van der Waals surface area contributed by atoms with Crippen molar-refractivity contribution in [2.75, 3.05) is 6.54 Å². The van der Waals surface area contributed by atoms with Crippen LogP contribution in [-0.4, -0.2) is 32.4 Å². The molecule has 3 aromatic rings. The monoisotopic (exact) mass is 383 g/mol. The first-order valence-corrected chi connectivity index (χ1v) is 10.0. The molecular weight excluding hydrogens is 358 g/mol. The number of nitrogens with one attached hydrogen (secondary N) is 1. The van der Waals surface area contributed by atoms with E-state index in [9.17, 15) is 4.79 Å². The van der Waals surface area contributed by atoms with Crippen molar-refractivity contribution in [1.29, 1.82) is 0 Å². The smallest absolute Gasteiger partial charge is 0.273 e. The van der Waals surface area contributed by atoms with Crippen LogP contribution in [0.4, 0.5) is 0 Å². The molecule has 27 heavy (non-hydrogen) atoms. The van der Waals surface area contributed by atoms with Gasteiger partial charge in [0.2, 0.25) is 0 Å². The highest BCUT2D eigenvalue weighted by Gasteiger charge is 2.16. The Morgan fingerprint density at radius 1 is 1.15 bits per heavy atom. The van der Waals surface area contributed by atoms with E-state index in [1.807, 2.05) is 39.8 Å². The van der Waals surface area contributed by atoms with Gasteiger partial charge in [0.05, 0.1) is 16.4 Å². The maximum Gasteiger partial charge on any atom is 0.273 e. The number of hydrogen-bond donors (Lipinski definition) is 1. The van der Waals surface area contributed by atoms with E-state index in [1.165, 1.54) is 5.56 Å². The first-order chi connectivity index (χ1) is 12.9. The minimum Gasteiger partial charge on any atom is -0.351 e. The van der Waals surface area contributed by atoms with Crippen LogP contribution in [0.2, 0.25) is 0 Å². The molecule has 0 aliphatic rings. The van der Waals surface area contributed by atoms with E-state index in [1.54, 1.807) is 16.1 Å². The first-order valence-electron chi connectivity index (χ1n) is 9.15. The molecule has 1 amide bonds. The Bertz CT molecular complexity index is 944. The van der Waals surface area contributed by atoms with Gasteiger partial charge in [0, 0.05) is 17.6 Å². The van der Waals surface area contributed by atoms with Gasteiger partial charge >= 0.3 is 0 Å². The molecule has 0 bridgehead atoms. The quantitative estimate of drug-likeness (QED) is 0.631. The van der Waals surface area contributed by atoms with E-state index in [4.69, 9.17) is 0 Å². The second-order valence-electron chi connectivity index (χ2n) is 6.81. The fourth-order valence-corrected chi connectivity index (χ4v) is 3.75. The number of aromatic nitrogens is 4. The Hall–Kier alpha value is -2.54. The van der Waals surface area contributed by atoms with Gasteiger partial charge < -0.3 is 5.32 Å². The maximum absolute atomic E-state index is 12.4. The van der Waals surface area contributed by atoms with Gasteiger partial charge in [-0.25, -0.2) is 4.98 Å². The molecule has 142 valence electrons. The van der Waals surface area contributed by atoms with Crippen molar-refractivity contribution in [1.82, 2.24) is 25.3 Å². The topological polar surface area (TPSA) is 72.7 Å². The summed E-state index contributed by atoms with van der Waals surface area (Å²) >= 11 is 1.70. The van der Waals surface area contributed by atoms with E-state index < -0.39 is 0 Å². The number of amides is 1. The third-order valence-electron chi connectivity index (χ3n) is 4.33. The molecule has 7 heteroatoms. The zero-order valence-corrected chi connectivity index (χ0v) is 17.1. The molecule has 0 aliphatic heterocycles. The van der Waals surface area contributed by atoms with Gasteiger partial charge in [0.15, 0.2) is 5.69 Å². The van der Waals surface area contributed by atoms with Crippen LogP contribution in [0.3, 0.4) is 0 Å². The molecule has 0 saturated carbocycles. The third-order valence-corrected chi connectivity index (χ3v) is 5.36. The van der Waals surface area contributed by atoms with Crippen molar-refractivity contribution >= 4 is 17.2 Å². The molecule has 2 heterocycles. The molecule has 1 aromatic carbocycles. The lowest BCUT2D eigenvalue weighted by molar-refractivity contribution is 0.0947. The maximum atomic E-state index is 12.4. The van der Waals surface area contributed by atoms with Crippen LogP contribution in [0, 0.1) is 27.7 Å². The average molecular weight is 384 g/mol. The standard InChI is InChI=1S/C20H25N5OS/c1-13-8-9-17(14(2)11-13)25-23-16(4)19(24-25)20(26)21-10-6-5-7-18-22-15(3)12-27-18/h8-9,11-12H,5-7,10H2,1-4H3,(H,21,26). The summed E-state index contributed by atoms with van der Waals surface area (Å²) in [5.41, 5.74) is 5.24. The summed E-state index contributed by atoms with van der Waals surface area (Å²) in [5.74, 6) is -0.173. The van der Waals surface area contributed by atoms with Gasteiger partial charge in [-0.05, 0) is 58.6 Å². The van der Waals surface area contributed by atoms with E-state index in [0.29, 0.717) is 17.9 Å². The zero-order valence-electron chi connectivity index (χ0n) is 16.2. The van der Waals surface area contributed by atoms with E-state index in [2.05, 4.69) is 31.9 Å². The van der Waals surface area contributed by atoms with Gasteiger partial charge in [0.1, 0.15) is 0 Å². The summed E-state index contributed by atoms with van der Waals surface area (Å²) in [6, 6.07) is 6.08. The highest BCUT2D eigenvalue weighted by Crippen LogP contribution is 2.15. The molecule has 0 atom stereocenters. The lowest BCUT2D eigenvalue weighted by Gasteiger charge is -2.05. The number of aryl methyl sites for hydroxylation is 5. The number of carbonyl (C=O) groups excluding carboxylic acids is 1. The summed E-state index contributed by atoms with van der Waals surface area (Å²) in [4.78, 5) is 18.5.